The highest BCUT2D eigenvalue weighted by Crippen LogP contribution is 2.23. The summed E-state index contributed by atoms with van der Waals surface area (Å²) in [5, 5.41) is 9.90. The smallest absolute Gasteiger partial charge is 0.307 e. The number of esters is 1. The van der Waals surface area contributed by atoms with Gasteiger partial charge in [-0.25, -0.2) is 0 Å². The number of nitrogens with zero attached hydrogens (tertiary/aromatic N) is 2. The van der Waals surface area contributed by atoms with Crippen LogP contribution in [-0.2, 0) is 29.5 Å². The minimum Gasteiger partial charge on any atom is -0.469 e. The number of aromatic nitrogens is 2. The topological polar surface area (TPSA) is 56.2 Å². The number of nitrogens with one attached hydrogen (secondary N) is 1. The molecule has 6 heteroatoms. The van der Waals surface area contributed by atoms with Crippen molar-refractivity contribution in [2.45, 2.75) is 32.4 Å². The molecule has 0 amide bonds. The van der Waals surface area contributed by atoms with E-state index in [1.807, 2.05) is 35.4 Å². The Hall–Kier alpha value is -1.66. The summed E-state index contributed by atoms with van der Waals surface area (Å²) < 4.78 is 6.62. The van der Waals surface area contributed by atoms with Gasteiger partial charge in [0.25, 0.3) is 0 Å². The lowest BCUT2D eigenvalue weighted by Gasteiger charge is -2.16. The number of rotatable bonds is 7. The zero-order valence-electron chi connectivity index (χ0n) is 12.6. The molecular formula is C15H21N3O2S. The molecule has 0 aliphatic carbocycles. The Kier molecular flexibility index (Phi) is 5.52. The van der Waals surface area contributed by atoms with Gasteiger partial charge in [0.1, 0.15) is 0 Å². The Morgan fingerprint density at radius 1 is 1.57 bits per heavy atom. The Bertz CT molecular complexity index is 578. The van der Waals surface area contributed by atoms with Crippen molar-refractivity contribution in [3.05, 3.63) is 39.8 Å². The van der Waals surface area contributed by atoms with E-state index in [2.05, 4.69) is 17.3 Å². The summed E-state index contributed by atoms with van der Waals surface area (Å²) >= 11 is 1.64. The van der Waals surface area contributed by atoms with Crippen molar-refractivity contribution in [2.24, 2.45) is 7.05 Å². The number of carbonyl (C=O) groups is 1. The van der Waals surface area contributed by atoms with Crippen molar-refractivity contribution in [1.82, 2.24) is 15.1 Å². The molecule has 0 spiro atoms. The van der Waals surface area contributed by atoms with Gasteiger partial charge >= 0.3 is 5.97 Å². The van der Waals surface area contributed by atoms with Crippen molar-refractivity contribution < 1.29 is 9.53 Å². The Balaban J connectivity index is 2.06. The number of methoxy groups -OCH3 is 1. The van der Waals surface area contributed by atoms with Crippen molar-refractivity contribution >= 4 is 17.3 Å². The molecule has 0 saturated heterocycles. The van der Waals surface area contributed by atoms with Crippen molar-refractivity contribution in [2.75, 3.05) is 7.11 Å². The van der Waals surface area contributed by atoms with E-state index in [4.69, 9.17) is 4.74 Å². The second kappa shape index (κ2) is 7.38. The molecule has 0 fully saturated rings. The molecular weight excluding hydrogens is 286 g/mol. The van der Waals surface area contributed by atoms with Crippen LogP contribution in [0.3, 0.4) is 0 Å². The molecule has 0 aliphatic heterocycles. The van der Waals surface area contributed by atoms with Crippen LogP contribution in [0.25, 0.3) is 0 Å². The summed E-state index contributed by atoms with van der Waals surface area (Å²) in [6.45, 7) is 2.79. The van der Waals surface area contributed by atoms with Gasteiger partial charge in [-0.05, 0) is 17.9 Å². The zero-order chi connectivity index (χ0) is 15.2. The summed E-state index contributed by atoms with van der Waals surface area (Å²) in [5.41, 5.74) is 2.26. The van der Waals surface area contributed by atoms with E-state index in [0.717, 1.165) is 17.0 Å². The largest absolute Gasteiger partial charge is 0.469 e. The molecule has 2 rings (SSSR count). The van der Waals surface area contributed by atoms with Crippen molar-refractivity contribution in [3.63, 3.8) is 0 Å². The van der Waals surface area contributed by atoms with E-state index in [0.29, 0.717) is 13.0 Å². The maximum absolute atomic E-state index is 11.6. The molecule has 2 aromatic heterocycles. The number of hydrogen-bond donors (Lipinski definition) is 1. The predicted molar refractivity (Wildman–Crippen MR) is 83.1 cm³/mol. The second-order valence-corrected chi connectivity index (χ2v) is 5.84. The zero-order valence-corrected chi connectivity index (χ0v) is 13.4. The van der Waals surface area contributed by atoms with Gasteiger partial charge in [0.2, 0.25) is 0 Å². The molecule has 2 heterocycles. The van der Waals surface area contributed by atoms with E-state index in [9.17, 15) is 4.79 Å². The van der Waals surface area contributed by atoms with E-state index in [1.165, 1.54) is 12.7 Å². The fourth-order valence-electron chi connectivity index (χ4n) is 2.28. The number of thiophene rings is 1. The molecule has 0 aromatic carbocycles. The number of carbonyl (C=O) groups excluding carboxylic acids is 1. The van der Waals surface area contributed by atoms with Gasteiger partial charge in [0.15, 0.2) is 0 Å². The molecule has 2 aromatic rings. The average Bonchev–Trinajstić information content (AvgIpc) is 3.12. The highest BCUT2D eigenvalue weighted by atomic mass is 32.1. The summed E-state index contributed by atoms with van der Waals surface area (Å²) in [6, 6.07) is 4.00. The van der Waals surface area contributed by atoms with Crippen LogP contribution in [0.15, 0.2) is 23.7 Å². The number of hydrogen-bond acceptors (Lipinski definition) is 5. The summed E-state index contributed by atoms with van der Waals surface area (Å²) in [4.78, 5) is 12.7. The minimum atomic E-state index is -0.206. The Morgan fingerprint density at radius 2 is 2.38 bits per heavy atom. The maximum atomic E-state index is 11.6. The average molecular weight is 307 g/mol. The van der Waals surface area contributed by atoms with Crippen LogP contribution in [0, 0.1) is 0 Å². The molecule has 5 nitrogen and oxygen atoms in total. The fraction of sp³-hybridized carbons (Fsp3) is 0.467. The molecule has 1 N–H and O–H groups in total. The Morgan fingerprint density at radius 3 is 3.00 bits per heavy atom. The van der Waals surface area contributed by atoms with Gasteiger partial charge in [-0.15, -0.1) is 11.3 Å². The summed E-state index contributed by atoms with van der Waals surface area (Å²) in [7, 11) is 3.35. The molecule has 1 atom stereocenters. The van der Waals surface area contributed by atoms with Crippen molar-refractivity contribution in [3.8, 4) is 0 Å². The fourth-order valence-corrected chi connectivity index (χ4v) is 3.08. The summed E-state index contributed by atoms with van der Waals surface area (Å²) in [6.07, 6.45) is 3.26. The van der Waals surface area contributed by atoms with Crippen LogP contribution in [0.2, 0.25) is 0 Å². The third-order valence-electron chi connectivity index (χ3n) is 3.35. The predicted octanol–water partition coefficient (Wildman–Crippen LogP) is 2.44. The van der Waals surface area contributed by atoms with Gasteiger partial charge in [-0.2, -0.15) is 5.10 Å². The molecule has 0 radical (unpaired) electrons. The first-order valence-electron chi connectivity index (χ1n) is 6.99. The van der Waals surface area contributed by atoms with Gasteiger partial charge in [0, 0.05) is 30.2 Å². The quantitative estimate of drug-likeness (QED) is 0.798. The van der Waals surface area contributed by atoms with Crippen LogP contribution in [0.1, 0.15) is 35.5 Å². The molecule has 0 saturated carbocycles. The third-order valence-corrected chi connectivity index (χ3v) is 4.34. The van der Waals surface area contributed by atoms with E-state index >= 15 is 0 Å². The lowest BCUT2D eigenvalue weighted by atomic mass is 10.1. The van der Waals surface area contributed by atoms with Gasteiger partial charge in [-0.3, -0.25) is 9.48 Å². The Labute approximate surface area is 128 Å². The molecule has 0 aliphatic rings. The normalized spacial score (nSPS) is 12.3. The first kappa shape index (κ1) is 15.7. The maximum Gasteiger partial charge on any atom is 0.307 e. The SMILES string of the molecule is CCc1nn(C)cc1CNC(CC(=O)OC)c1cccs1. The molecule has 114 valence electrons. The van der Waals surface area contributed by atoms with E-state index < -0.39 is 0 Å². The minimum absolute atomic E-state index is 0.0256. The van der Waals surface area contributed by atoms with Crippen LogP contribution in [-0.4, -0.2) is 22.9 Å². The highest BCUT2D eigenvalue weighted by Gasteiger charge is 2.18. The van der Waals surface area contributed by atoms with Crippen LogP contribution >= 0.6 is 11.3 Å². The summed E-state index contributed by atoms with van der Waals surface area (Å²) in [5.74, 6) is -0.206. The van der Waals surface area contributed by atoms with E-state index in [1.54, 1.807) is 11.3 Å². The number of ether oxygens (including phenoxy) is 1. The van der Waals surface area contributed by atoms with Gasteiger partial charge < -0.3 is 10.1 Å². The van der Waals surface area contributed by atoms with Crippen LogP contribution in [0.4, 0.5) is 0 Å². The van der Waals surface area contributed by atoms with Gasteiger partial charge in [-0.1, -0.05) is 13.0 Å². The lowest BCUT2D eigenvalue weighted by Crippen LogP contribution is -2.23. The number of aryl methyl sites for hydroxylation is 2. The van der Waals surface area contributed by atoms with E-state index in [-0.39, 0.29) is 12.0 Å². The van der Waals surface area contributed by atoms with Crippen LogP contribution in [0.5, 0.6) is 0 Å². The van der Waals surface area contributed by atoms with Crippen LogP contribution < -0.4 is 5.32 Å². The first-order valence-corrected chi connectivity index (χ1v) is 7.87. The molecule has 0 bridgehead atoms. The van der Waals surface area contributed by atoms with Gasteiger partial charge in [0.05, 0.1) is 25.3 Å². The standard InChI is InChI=1S/C15H21N3O2S/c1-4-12-11(10-18(2)17-12)9-16-13(8-15(19)20-3)14-6-5-7-21-14/h5-7,10,13,16H,4,8-9H2,1-3H3. The first-order chi connectivity index (χ1) is 10.1. The molecule has 21 heavy (non-hydrogen) atoms. The van der Waals surface area contributed by atoms with Crippen molar-refractivity contribution in [1.29, 1.82) is 0 Å². The second-order valence-electron chi connectivity index (χ2n) is 4.86. The third kappa shape index (κ3) is 4.15. The lowest BCUT2D eigenvalue weighted by molar-refractivity contribution is -0.141. The monoisotopic (exact) mass is 307 g/mol. The highest BCUT2D eigenvalue weighted by molar-refractivity contribution is 7.10. The molecule has 1 unspecified atom stereocenters.